The van der Waals surface area contributed by atoms with Crippen LogP contribution >= 0.6 is 0 Å². The van der Waals surface area contributed by atoms with Crippen molar-refractivity contribution in [1.82, 2.24) is 0 Å². The number of hydrogen-bond acceptors (Lipinski definition) is 3. The lowest BCUT2D eigenvalue weighted by atomic mass is 9.65. The van der Waals surface area contributed by atoms with E-state index < -0.39 is 11.2 Å². The summed E-state index contributed by atoms with van der Waals surface area (Å²) in [7, 11) is 0. The second-order valence-electron chi connectivity index (χ2n) is 10.4. The van der Waals surface area contributed by atoms with Gasteiger partial charge < -0.3 is 14.2 Å². The molecule has 0 bridgehead atoms. The van der Waals surface area contributed by atoms with Gasteiger partial charge in [0.1, 0.15) is 23.4 Å². The summed E-state index contributed by atoms with van der Waals surface area (Å²) in [6.07, 6.45) is 0.0446. The van der Waals surface area contributed by atoms with Crippen molar-refractivity contribution < 1.29 is 14.2 Å². The van der Waals surface area contributed by atoms with Crippen LogP contribution in [0.5, 0.6) is 0 Å². The molecule has 2 aromatic carbocycles. The average molecular weight is 395 g/mol. The molecule has 2 aromatic rings. The van der Waals surface area contributed by atoms with Crippen LogP contribution in [0, 0.1) is 10.8 Å². The summed E-state index contributed by atoms with van der Waals surface area (Å²) in [6.45, 7) is 15.0. The highest BCUT2D eigenvalue weighted by Crippen LogP contribution is 2.59. The van der Waals surface area contributed by atoms with Crippen molar-refractivity contribution in [3.05, 3.63) is 71.8 Å². The summed E-state index contributed by atoms with van der Waals surface area (Å²) >= 11 is 0. The second-order valence-corrected chi connectivity index (χ2v) is 10.4. The highest BCUT2D eigenvalue weighted by molar-refractivity contribution is 5.33. The Labute approximate surface area is 175 Å². The summed E-state index contributed by atoms with van der Waals surface area (Å²) in [5.41, 5.74) is 0.776. The van der Waals surface area contributed by atoms with E-state index in [9.17, 15) is 0 Å². The van der Waals surface area contributed by atoms with Crippen LogP contribution in [0.15, 0.2) is 60.7 Å². The molecule has 4 unspecified atom stereocenters. The molecular formula is C26H34O3. The summed E-state index contributed by atoms with van der Waals surface area (Å²) in [5.74, 6) is 0. The van der Waals surface area contributed by atoms with Crippen molar-refractivity contribution in [3.8, 4) is 0 Å². The average Bonchev–Trinajstić information content (AvgIpc) is 3.54. The van der Waals surface area contributed by atoms with Gasteiger partial charge in [-0.1, -0.05) is 102 Å². The quantitative estimate of drug-likeness (QED) is 0.591. The number of epoxide rings is 2. The molecule has 2 aliphatic heterocycles. The molecule has 156 valence electrons. The Morgan fingerprint density at radius 1 is 0.621 bits per heavy atom. The van der Waals surface area contributed by atoms with Crippen molar-refractivity contribution in [2.24, 2.45) is 10.8 Å². The van der Waals surface area contributed by atoms with Gasteiger partial charge in [-0.2, -0.15) is 0 Å². The van der Waals surface area contributed by atoms with E-state index in [1.54, 1.807) is 0 Å². The monoisotopic (exact) mass is 394 g/mol. The molecule has 3 nitrogen and oxygen atoms in total. The zero-order chi connectivity index (χ0) is 20.9. The van der Waals surface area contributed by atoms with Crippen molar-refractivity contribution in [3.63, 3.8) is 0 Å². The van der Waals surface area contributed by atoms with E-state index in [4.69, 9.17) is 14.2 Å². The van der Waals surface area contributed by atoms with Gasteiger partial charge in [-0.05, 0) is 22.0 Å². The summed E-state index contributed by atoms with van der Waals surface area (Å²) in [5, 5.41) is 0. The molecule has 3 heteroatoms. The molecule has 0 N–H and O–H groups in total. The van der Waals surface area contributed by atoms with E-state index in [0.717, 1.165) is 0 Å². The van der Waals surface area contributed by atoms with E-state index in [0.29, 0.717) is 13.2 Å². The molecule has 0 radical (unpaired) electrons. The van der Waals surface area contributed by atoms with E-state index in [2.05, 4.69) is 102 Å². The maximum absolute atomic E-state index is 7.52. The zero-order valence-corrected chi connectivity index (χ0v) is 18.6. The molecule has 2 saturated heterocycles. The molecule has 0 amide bonds. The van der Waals surface area contributed by atoms with Crippen molar-refractivity contribution in [2.45, 2.75) is 65.0 Å². The van der Waals surface area contributed by atoms with Crippen LogP contribution in [0.25, 0.3) is 0 Å². The van der Waals surface area contributed by atoms with E-state index in [1.807, 2.05) is 0 Å². The lowest BCUT2D eigenvalue weighted by Gasteiger charge is -2.54. The predicted octanol–water partition coefficient (Wildman–Crippen LogP) is 5.68. The normalized spacial score (nSPS) is 25.7. The number of benzene rings is 2. The molecule has 4 rings (SSSR count). The van der Waals surface area contributed by atoms with Crippen LogP contribution in [0.3, 0.4) is 0 Å². The maximum atomic E-state index is 7.52. The smallest absolute Gasteiger partial charge is 0.128 e. The number of rotatable bonds is 6. The van der Waals surface area contributed by atoms with Gasteiger partial charge in [0.15, 0.2) is 0 Å². The second kappa shape index (κ2) is 6.94. The Morgan fingerprint density at radius 2 is 0.931 bits per heavy atom. The maximum Gasteiger partial charge on any atom is 0.128 e. The predicted molar refractivity (Wildman–Crippen MR) is 116 cm³/mol. The number of ether oxygens (including phenoxy) is 3. The van der Waals surface area contributed by atoms with E-state index in [1.165, 1.54) is 11.1 Å². The Morgan fingerprint density at radius 3 is 1.17 bits per heavy atom. The molecule has 29 heavy (non-hydrogen) atoms. The van der Waals surface area contributed by atoms with Gasteiger partial charge in [-0.3, -0.25) is 0 Å². The molecule has 0 saturated carbocycles. The zero-order valence-electron chi connectivity index (χ0n) is 18.6. The van der Waals surface area contributed by atoms with Crippen molar-refractivity contribution >= 4 is 0 Å². The van der Waals surface area contributed by atoms with Crippen molar-refractivity contribution in [1.29, 1.82) is 0 Å². The van der Waals surface area contributed by atoms with Crippen LogP contribution in [-0.2, 0) is 25.4 Å². The minimum atomic E-state index is -0.594. The lowest BCUT2D eigenvalue weighted by Crippen LogP contribution is -2.58. The van der Waals surface area contributed by atoms with Gasteiger partial charge in [0.25, 0.3) is 0 Å². The molecule has 0 aromatic heterocycles. The lowest BCUT2D eigenvalue weighted by molar-refractivity contribution is -0.265. The minimum absolute atomic E-state index is 0.0223. The first-order chi connectivity index (χ1) is 13.6. The Hall–Kier alpha value is -1.68. The summed E-state index contributed by atoms with van der Waals surface area (Å²) in [6, 6.07) is 21.2. The van der Waals surface area contributed by atoms with Gasteiger partial charge in [0.2, 0.25) is 0 Å². The summed E-state index contributed by atoms with van der Waals surface area (Å²) < 4.78 is 19.5. The van der Waals surface area contributed by atoms with Gasteiger partial charge in [0, 0.05) is 0 Å². The Balaban J connectivity index is 1.95. The molecule has 2 fully saturated rings. The van der Waals surface area contributed by atoms with Crippen LogP contribution in [0.1, 0.15) is 52.7 Å². The third-order valence-electron chi connectivity index (χ3n) is 6.53. The minimum Gasteiger partial charge on any atom is -0.370 e. The fourth-order valence-corrected chi connectivity index (χ4v) is 4.95. The van der Waals surface area contributed by atoms with E-state index >= 15 is 0 Å². The first kappa shape index (κ1) is 20.6. The first-order valence-electron chi connectivity index (χ1n) is 10.7. The molecular weight excluding hydrogens is 360 g/mol. The number of hydrogen-bond donors (Lipinski definition) is 0. The van der Waals surface area contributed by atoms with Crippen molar-refractivity contribution in [2.75, 3.05) is 13.2 Å². The molecule has 0 spiro atoms. The standard InChI is InChI=1S/C26H34O3/c1-23(2,3)25(21-17-27-21,19-13-9-7-10-14-19)29-26(22-18-28-22,24(4,5)6)20-15-11-8-12-16-20/h7-16,21-22H,17-18H2,1-6H3. The largest absolute Gasteiger partial charge is 0.370 e. The first-order valence-corrected chi connectivity index (χ1v) is 10.7. The van der Waals surface area contributed by atoms with E-state index in [-0.39, 0.29) is 23.0 Å². The molecule has 2 aliphatic rings. The van der Waals surface area contributed by atoms with Gasteiger partial charge >= 0.3 is 0 Å². The van der Waals surface area contributed by atoms with Crippen LogP contribution in [0.2, 0.25) is 0 Å². The van der Waals surface area contributed by atoms with Gasteiger partial charge in [-0.15, -0.1) is 0 Å². The molecule has 0 aliphatic carbocycles. The highest BCUT2D eigenvalue weighted by atomic mass is 16.6. The third-order valence-corrected chi connectivity index (χ3v) is 6.53. The van der Waals surface area contributed by atoms with Gasteiger partial charge in [-0.25, -0.2) is 0 Å². The summed E-state index contributed by atoms with van der Waals surface area (Å²) in [4.78, 5) is 0. The fourth-order valence-electron chi connectivity index (χ4n) is 4.95. The topological polar surface area (TPSA) is 34.3 Å². The fraction of sp³-hybridized carbons (Fsp3) is 0.538. The third kappa shape index (κ3) is 3.34. The molecule has 4 atom stereocenters. The SMILES string of the molecule is CC(C)(C)C(OC(c1ccccc1)(C1CO1)C(C)(C)C)(c1ccccc1)C1CO1. The molecule has 2 heterocycles. The Kier molecular flexibility index (Phi) is 4.92. The van der Waals surface area contributed by atoms with Crippen LogP contribution < -0.4 is 0 Å². The van der Waals surface area contributed by atoms with Crippen LogP contribution in [0.4, 0.5) is 0 Å². The van der Waals surface area contributed by atoms with Crippen LogP contribution in [-0.4, -0.2) is 25.4 Å². The Bertz CT molecular complexity index is 754. The van der Waals surface area contributed by atoms with Gasteiger partial charge in [0.05, 0.1) is 13.2 Å². The highest BCUT2D eigenvalue weighted by Gasteiger charge is 2.66.